The standard InChI is InChI=1S/C17H24N6O3/c1-10(2)15(23-9-13(20-21-23)12-5-4-6-19-12)17(26)22-8-11(24)7-14(22)16(25)18-3/h4-6,9-11,14-15,19,24H,7-8H2,1-3H3,(H,18,25)/t11-,14+,15+/m1/s1. The summed E-state index contributed by atoms with van der Waals surface area (Å²) in [5.41, 5.74) is 1.45. The number of aromatic nitrogens is 4. The smallest absolute Gasteiger partial charge is 0.248 e. The van der Waals surface area contributed by atoms with Crippen LogP contribution in [0, 0.1) is 5.92 Å². The summed E-state index contributed by atoms with van der Waals surface area (Å²) in [6.45, 7) is 3.97. The molecule has 1 fully saturated rings. The maximum Gasteiger partial charge on any atom is 0.248 e. The molecule has 2 amide bonds. The number of amides is 2. The van der Waals surface area contributed by atoms with Gasteiger partial charge < -0.3 is 20.3 Å². The molecule has 2 aromatic heterocycles. The number of aromatic amines is 1. The van der Waals surface area contributed by atoms with E-state index >= 15 is 0 Å². The van der Waals surface area contributed by atoms with E-state index < -0.39 is 18.2 Å². The number of H-pyrrole nitrogens is 1. The summed E-state index contributed by atoms with van der Waals surface area (Å²) in [4.78, 5) is 29.8. The first-order chi connectivity index (χ1) is 12.4. The van der Waals surface area contributed by atoms with E-state index in [-0.39, 0.29) is 30.7 Å². The predicted octanol–water partition coefficient (Wildman–Crippen LogP) is 0.178. The third-order valence-electron chi connectivity index (χ3n) is 4.66. The highest BCUT2D eigenvalue weighted by atomic mass is 16.3. The first-order valence-electron chi connectivity index (χ1n) is 8.68. The fourth-order valence-electron chi connectivity index (χ4n) is 3.37. The van der Waals surface area contributed by atoms with E-state index in [9.17, 15) is 14.7 Å². The Morgan fingerprint density at radius 2 is 2.19 bits per heavy atom. The number of aliphatic hydroxyl groups excluding tert-OH is 1. The monoisotopic (exact) mass is 360 g/mol. The topological polar surface area (TPSA) is 116 Å². The van der Waals surface area contributed by atoms with Gasteiger partial charge in [-0.1, -0.05) is 19.1 Å². The second kappa shape index (κ2) is 7.28. The fraction of sp³-hybridized carbons (Fsp3) is 0.529. The molecule has 3 atom stereocenters. The van der Waals surface area contributed by atoms with Crippen molar-refractivity contribution in [2.75, 3.05) is 13.6 Å². The summed E-state index contributed by atoms with van der Waals surface area (Å²) < 4.78 is 1.54. The molecular formula is C17H24N6O3. The predicted molar refractivity (Wildman–Crippen MR) is 93.9 cm³/mol. The number of carbonyl (C=O) groups excluding carboxylic acids is 2. The van der Waals surface area contributed by atoms with Crippen molar-refractivity contribution in [3.05, 3.63) is 24.5 Å². The van der Waals surface area contributed by atoms with Gasteiger partial charge >= 0.3 is 0 Å². The number of likely N-dealkylation sites (N-methyl/N-ethyl adjacent to an activating group) is 1. The van der Waals surface area contributed by atoms with Gasteiger partial charge in [-0.25, -0.2) is 4.68 Å². The van der Waals surface area contributed by atoms with Crippen LogP contribution < -0.4 is 5.32 Å². The van der Waals surface area contributed by atoms with Gasteiger partial charge in [-0.15, -0.1) is 5.10 Å². The van der Waals surface area contributed by atoms with Gasteiger partial charge in [-0.3, -0.25) is 9.59 Å². The van der Waals surface area contributed by atoms with E-state index in [0.29, 0.717) is 5.69 Å². The van der Waals surface area contributed by atoms with Crippen LogP contribution in [-0.2, 0) is 9.59 Å². The van der Waals surface area contributed by atoms with Crippen molar-refractivity contribution in [1.29, 1.82) is 0 Å². The molecule has 1 aliphatic heterocycles. The van der Waals surface area contributed by atoms with Crippen LogP contribution in [0.5, 0.6) is 0 Å². The molecule has 9 nitrogen and oxygen atoms in total. The number of nitrogens with one attached hydrogen (secondary N) is 2. The Morgan fingerprint density at radius 3 is 2.81 bits per heavy atom. The summed E-state index contributed by atoms with van der Waals surface area (Å²) in [7, 11) is 1.52. The van der Waals surface area contributed by atoms with E-state index in [1.807, 2.05) is 26.0 Å². The lowest BCUT2D eigenvalue weighted by Gasteiger charge is -2.29. The maximum atomic E-state index is 13.2. The molecule has 0 radical (unpaired) electrons. The van der Waals surface area contributed by atoms with Gasteiger partial charge in [0.1, 0.15) is 17.8 Å². The van der Waals surface area contributed by atoms with Crippen LogP contribution in [0.2, 0.25) is 0 Å². The molecule has 0 spiro atoms. The molecule has 3 N–H and O–H groups in total. The molecule has 9 heteroatoms. The minimum atomic E-state index is -0.709. The highest BCUT2D eigenvalue weighted by Crippen LogP contribution is 2.27. The minimum absolute atomic E-state index is 0.0660. The SMILES string of the molecule is CNC(=O)[C@@H]1C[C@@H](O)CN1C(=O)[C@H](C(C)C)n1cc(-c2ccc[nH]2)nn1. The zero-order valence-electron chi connectivity index (χ0n) is 15.1. The number of hydrogen-bond acceptors (Lipinski definition) is 5. The molecule has 0 saturated carbocycles. The summed E-state index contributed by atoms with van der Waals surface area (Å²) in [5, 5.41) is 20.8. The molecule has 3 rings (SSSR count). The summed E-state index contributed by atoms with van der Waals surface area (Å²) >= 11 is 0. The van der Waals surface area contributed by atoms with E-state index in [2.05, 4.69) is 20.6 Å². The van der Waals surface area contributed by atoms with Crippen LogP contribution in [0.25, 0.3) is 11.4 Å². The van der Waals surface area contributed by atoms with Gasteiger partial charge in [0.05, 0.1) is 18.0 Å². The first kappa shape index (κ1) is 18.1. The van der Waals surface area contributed by atoms with Crippen molar-refractivity contribution in [2.24, 2.45) is 5.92 Å². The highest BCUT2D eigenvalue weighted by Gasteiger charge is 2.42. The van der Waals surface area contributed by atoms with Gasteiger partial charge in [-0.05, 0) is 18.1 Å². The number of likely N-dealkylation sites (tertiary alicyclic amines) is 1. The largest absolute Gasteiger partial charge is 0.391 e. The third kappa shape index (κ3) is 3.34. The Morgan fingerprint density at radius 1 is 1.42 bits per heavy atom. The van der Waals surface area contributed by atoms with Crippen LogP contribution >= 0.6 is 0 Å². The Hall–Kier alpha value is -2.68. The quantitative estimate of drug-likeness (QED) is 0.703. The maximum absolute atomic E-state index is 13.2. The van der Waals surface area contributed by atoms with Crippen LogP contribution in [0.15, 0.2) is 24.5 Å². The second-order valence-corrected chi connectivity index (χ2v) is 6.87. The molecule has 0 aromatic carbocycles. The molecule has 0 aliphatic carbocycles. The van der Waals surface area contributed by atoms with E-state index in [4.69, 9.17) is 0 Å². The first-order valence-corrected chi connectivity index (χ1v) is 8.68. The van der Waals surface area contributed by atoms with Crippen molar-refractivity contribution >= 4 is 11.8 Å². The lowest BCUT2D eigenvalue weighted by molar-refractivity contribution is -0.142. The molecule has 2 aromatic rings. The Bertz CT molecular complexity index is 769. The zero-order chi connectivity index (χ0) is 18.8. The normalized spacial score (nSPS) is 21.2. The molecule has 0 bridgehead atoms. The van der Waals surface area contributed by atoms with Crippen LogP contribution in [0.3, 0.4) is 0 Å². The van der Waals surface area contributed by atoms with Crippen molar-refractivity contribution in [3.63, 3.8) is 0 Å². The molecule has 140 valence electrons. The van der Waals surface area contributed by atoms with Gasteiger partial charge in [0.25, 0.3) is 0 Å². The molecule has 3 heterocycles. The van der Waals surface area contributed by atoms with Crippen molar-refractivity contribution < 1.29 is 14.7 Å². The lowest BCUT2D eigenvalue weighted by atomic mass is 10.0. The van der Waals surface area contributed by atoms with Gasteiger partial charge in [-0.2, -0.15) is 0 Å². The van der Waals surface area contributed by atoms with Crippen LogP contribution in [0.4, 0.5) is 0 Å². The minimum Gasteiger partial charge on any atom is -0.391 e. The van der Waals surface area contributed by atoms with Crippen LogP contribution in [-0.4, -0.2) is 67.5 Å². The van der Waals surface area contributed by atoms with E-state index in [1.165, 1.54) is 16.6 Å². The Kier molecular flexibility index (Phi) is 5.08. The van der Waals surface area contributed by atoms with Gasteiger partial charge in [0.2, 0.25) is 11.8 Å². The molecule has 0 unspecified atom stereocenters. The Balaban J connectivity index is 1.88. The average molecular weight is 360 g/mol. The zero-order valence-corrected chi connectivity index (χ0v) is 15.1. The molecular weight excluding hydrogens is 336 g/mol. The molecule has 1 aliphatic rings. The summed E-state index contributed by atoms with van der Waals surface area (Å²) in [5.74, 6) is -0.583. The third-order valence-corrected chi connectivity index (χ3v) is 4.66. The van der Waals surface area contributed by atoms with Crippen molar-refractivity contribution in [2.45, 2.75) is 38.5 Å². The fourth-order valence-corrected chi connectivity index (χ4v) is 3.37. The van der Waals surface area contributed by atoms with E-state index in [0.717, 1.165) is 5.69 Å². The number of hydrogen-bond donors (Lipinski definition) is 3. The van der Waals surface area contributed by atoms with Gasteiger partial charge in [0.15, 0.2) is 0 Å². The Labute approximate surface area is 151 Å². The number of β-amino-alcohol motifs (C(OH)–C–C–N with tert-alkyl or cyclic N) is 1. The summed E-state index contributed by atoms with van der Waals surface area (Å²) in [6.07, 6.45) is 3.04. The lowest BCUT2D eigenvalue weighted by Crippen LogP contribution is -2.48. The molecule has 1 saturated heterocycles. The number of nitrogens with zero attached hydrogens (tertiary/aromatic N) is 4. The summed E-state index contributed by atoms with van der Waals surface area (Å²) in [6, 6.07) is 2.46. The molecule has 26 heavy (non-hydrogen) atoms. The number of rotatable bonds is 5. The van der Waals surface area contributed by atoms with Crippen molar-refractivity contribution in [1.82, 2.24) is 30.2 Å². The average Bonchev–Trinajstić information content (AvgIpc) is 3.33. The number of aliphatic hydroxyl groups is 1. The van der Waals surface area contributed by atoms with Crippen LogP contribution in [0.1, 0.15) is 26.3 Å². The number of carbonyl (C=O) groups is 2. The van der Waals surface area contributed by atoms with Gasteiger partial charge in [0, 0.05) is 26.2 Å². The van der Waals surface area contributed by atoms with Crippen molar-refractivity contribution in [3.8, 4) is 11.4 Å². The second-order valence-electron chi connectivity index (χ2n) is 6.87. The highest BCUT2D eigenvalue weighted by molar-refractivity contribution is 5.90. The van der Waals surface area contributed by atoms with E-state index in [1.54, 1.807) is 12.4 Å².